The van der Waals surface area contributed by atoms with Crippen molar-refractivity contribution >= 4 is 49.5 Å². The van der Waals surface area contributed by atoms with E-state index in [0.717, 1.165) is 5.56 Å². The standard InChI is InChI=1S/C22H15Br2F8NO2/c1-3-4-5-12-8-13(7-6-11(12)2)18(34)33-17-15(23)9-14(10-16(17)35-19(25)26)20(27,21(24,28)29)22(30,31)32/h3-10,19H,1H2,2H3,(H,33,34)/b5-4-. The molecule has 35 heavy (non-hydrogen) atoms. The zero-order valence-electron chi connectivity index (χ0n) is 17.5. The molecular weight excluding hydrogens is 622 g/mol. The lowest BCUT2D eigenvalue weighted by Crippen LogP contribution is -2.49. The van der Waals surface area contributed by atoms with E-state index in [2.05, 4.69) is 32.6 Å². The summed E-state index contributed by atoms with van der Waals surface area (Å²) in [6.45, 7) is 1.62. The van der Waals surface area contributed by atoms with E-state index in [1.54, 1.807) is 25.1 Å². The molecule has 0 saturated heterocycles. The van der Waals surface area contributed by atoms with E-state index in [9.17, 15) is 39.9 Å². The van der Waals surface area contributed by atoms with Gasteiger partial charge in [-0.15, -0.1) is 0 Å². The Hall–Kier alpha value is -2.41. The van der Waals surface area contributed by atoms with Crippen LogP contribution in [0, 0.1) is 6.92 Å². The van der Waals surface area contributed by atoms with Crippen LogP contribution in [0.4, 0.5) is 40.8 Å². The maximum atomic E-state index is 14.8. The third-order valence-corrected chi connectivity index (χ3v) is 5.81. The highest BCUT2D eigenvalue weighted by Gasteiger charge is 2.71. The van der Waals surface area contributed by atoms with Gasteiger partial charge in [0.15, 0.2) is 5.75 Å². The van der Waals surface area contributed by atoms with Crippen LogP contribution in [-0.2, 0) is 5.67 Å². The summed E-state index contributed by atoms with van der Waals surface area (Å²) < 4.78 is 112. The van der Waals surface area contributed by atoms with Crippen molar-refractivity contribution in [2.24, 2.45) is 0 Å². The lowest BCUT2D eigenvalue weighted by Gasteiger charge is -2.32. The molecule has 2 aromatic carbocycles. The minimum Gasteiger partial charge on any atom is -0.433 e. The molecule has 0 aliphatic carbocycles. The summed E-state index contributed by atoms with van der Waals surface area (Å²) in [5.41, 5.74) is -6.32. The first kappa shape index (κ1) is 28.8. The Kier molecular flexibility index (Phi) is 8.80. The first-order chi connectivity index (χ1) is 16.0. The highest BCUT2D eigenvalue weighted by molar-refractivity contribution is 9.10. The first-order valence-electron chi connectivity index (χ1n) is 9.35. The Morgan fingerprint density at radius 1 is 1.11 bits per heavy atom. The van der Waals surface area contributed by atoms with E-state index in [1.807, 2.05) is 0 Å². The number of aryl methyl sites for hydroxylation is 1. The van der Waals surface area contributed by atoms with Gasteiger partial charge >= 0.3 is 23.3 Å². The zero-order valence-corrected chi connectivity index (χ0v) is 20.7. The molecule has 0 saturated carbocycles. The molecule has 0 heterocycles. The number of nitrogens with one attached hydrogen (secondary N) is 1. The summed E-state index contributed by atoms with van der Waals surface area (Å²) in [6, 6.07) is 4.69. The number of carbonyl (C=O) groups is 1. The quantitative estimate of drug-likeness (QED) is 0.179. The smallest absolute Gasteiger partial charge is 0.433 e. The first-order valence-corrected chi connectivity index (χ1v) is 10.9. The van der Waals surface area contributed by atoms with Crippen LogP contribution in [0.1, 0.15) is 27.0 Å². The summed E-state index contributed by atoms with van der Waals surface area (Å²) in [4.78, 5) is 7.56. The molecule has 1 amide bonds. The largest absolute Gasteiger partial charge is 0.433 e. The van der Waals surface area contributed by atoms with Gasteiger partial charge in [0.25, 0.3) is 5.91 Å². The number of alkyl halides is 9. The van der Waals surface area contributed by atoms with Gasteiger partial charge in [0.1, 0.15) is 0 Å². The minimum atomic E-state index is -6.16. The van der Waals surface area contributed by atoms with Crippen molar-refractivity contribution in [1.29, 1.82) is 0 Å². The molecule has 1 N–H and O–H groups in total. The predicted molar refractivity (Wildman–Crippen MR) is 122 cm³/mol. The van der Waals surface area contributed by atoms with Gasteiger partial charge in [-0.2, -0.15) is 30.7 Å². The SMILES string of the molecule is C=C/C=C\c1cc(C(=O)Nc2c(Br)cc(C(F)(C(F)(F)F)C(F)(F)Br)cc2OC(F)F)ccc1C. The number of hydrogen-bond donors (Lipinski definition) is 1. The molecule has 2 aromatic rings. The lowest BCUT2D eigenvalue weighted by molar-refractivity contribution is -0.282. The second-order valence-corrected chi connectivity index (χ2v) is 8.83. The van der Waals surface area contributed by atoms with Crippen molar-refractivity contribution < 1.29 is 44.7 Å². The number of allylic oxidation sites excluding steroid dienone is 2. The van der Waals surface area contributed by atoms with Gasteiger partial charge < -0.3 is 10.1 Å². The highest BCUT2D eigenvalue weighted by Crippen LogP contribution is 2.56. The Balaban J connectivity index is 2.61. The van der Waals surface area contributed by atoms with Gasteiger partial charge in [-0.1, -0.05) is 30.9 Å². The molecule has 2 rings (SSSR count). The van der Waals surface area contributed by atoms with Crippen molar-refractivity contribution in [3.63, 3.8) is 0 Å². The molecule has 190 valence electrons. The van der Waals surface area contributed by atoms with Crippen molar-refractivity contribution in [3.05, 3.63) is 75.8 Å². The average Bonchev–Trinajstić information content (AvgIpc) is 2.72. The Labute approximate surface area is 211 Å². The average molecular weight is 637 g/mol. The molecule has 0 radical (unpaired) electrons. The van der Waals surface area contributed by atoms with Crippen LogP contribution in [-0.4, -0.2) is 23.5 Å². The Bertz CT molecular complexity index is 1130. The molecule has 0 spiro atoms. The molecular formula is C22H15Br2F8NO2. The summed E-state index contributed by atoms with van der Waals surface area (Å²) in [5.74, 6) is -2.08. The van der Waals surface area contributed by atoms with Gasteiger partial charge in [0, 0.05) is 15.6 Å². The van der Waals surface area contributed by atoms with Crippen molar-refractivity contribution in [3.8, 4) is 5.75 Å². The fraction of sp³-hybridized carbons (Fsp3) is 0.227. The molecule has 13 heteroatoms. The number of hydrogen-bond acceptors (Lipinski definition) is 2. The van der Waals surface area contributed by atoms with Gasteiger partial charge in [-0.05, 0) is 74.2 Å². The Morgan fingerprint density at radius 2 is 1.74 bits per heavy atom. The number of benzene rings is 2. The number of amides is 1. The number of carbonyl (C=O) groups excluding carboxylic acids is 1. The summed E-state index contributed by atoms with van der Waals surface area (Å²) in [7, 11) is 0. The van der Waals surface area contributed by atoms with Crippen LogP contribution < -0.4 is 10.1 Å². The van der Waals surface area contributed by atoms with Gasteiger partial charge in [0.2, 0.25) is 0 Å². The van der Waals surface area contributed by atoms with Gasteiger partial charge in [0.05, 0.1) is 5.69 Å². The zero-order chi connectivity index (χ0) is 26.8. The molecule has 0 aliphatic rings. The molecule has 0 fully saturated rings. The van der Waals surface area contributed by atoms with E-state index in [4.69, 9.17) is 0 Å². The normalized spacial score (nSPS) is 14.2. The molecule has 0 bridgehead atoms. The van der Waals surface area contributed by atoms with E-state index in [1.165, 1.54) is 34.1 Å². The molecule has 1 atom stereocenters. The van der Waals surface area contributed by atoms with Crippen LogP contribution in [0.25, 0.3) is 6.08 Å². The van der Waals surface area contributed by atoms with E-state index in [0.29, 0.717) is 5.56 Å². The predicted octanol–water partition coefficient (Wildman–Crippen LogP) is 8.53. The monoisotopic (exact) mass is 635 g/mol. The maximum Gasteiger partial charge on any atom is 0.433 e. The van der Waals surface area contributed by atoms with E-state index >= 15 is 0 Å². The van der Waals surface area contributed by atoms with Gasteiger partial charge in [-0.3, -0.25) is 4.79 Å². The van der Waals surface area contributed by atoms with Crippen LogP contribution in [0.2, 0.25) is 0 Å². The fourth-order valence-corrected chi connectivity index (χ4v) is 3.89. The maximum absolute atomic E-state index is 14.8. The number of rotatable bonds is 8. The van der Waals surface area contributed by atoms with Crippen molar-refractivity contribution in [2.75, 3.05) is 5.32 Å². The molecule has 3 nitrogen and oxygen atoms in total. The summed E-state index contributed by atoms with van der Waals surface area (Å²) in [5, 5.41) is 2.17. The van der Waals surface area contributed by atoms with E-state index < -0.39 is 50.7 Å². The molecule has 0 aromatic heterocycles. The number of anilines is 1. The molecule has 1 unspecified atom stereocenters. The van der Waals surface area contributed by atoms with E-state index in [-0.39, 0.29) is 17.7 Å². The van der Waals surface area contributed by atoms with Crippen LogP contribution in [0.15, 0.2) is 53.5 Å². The molecule has 0 aliphatic heterocycles. The second-order valence-electron chi connectivity index (χ2n) is 6.98. The number of ether oxygens (including phenoxy) is 1. The van der Waals surface area contributed by atoms with Gasteiger partial charge in [-0.25, -0.2) is 4.39 Å². The van der Waals surface area contributed by atoms with Crippen LogP contribution >= 0.6 is 31.9 Å². The van der Waals surface area contributed by atoms with Crippen LogP contribution in [0.3, 0.4) is 0 Å². The summed E-state index contributed by atoms with van der Waals surface area (Å²) in [6.07, 6.45) is -1.45. The topological polar surface area (TPSA) is 38.3 Å². The second kappa shape index (κ2) is 10.7. The lowest BCUT2D eigenvalue weighted by atomic mass is 9.94. The Morgan fingerprint density at radius 3 is 2.26 bits per heavy atom. The van der Waals surface area contributed by atoms with Crippen LogP contribution in [0.5, 0.6) is 5.75 Å². The number of halogens is 10. The third-order valence-electron chi connectivity index (χ3n) is 4.64. The van der Waals surface area contributed by atoms with Crippen molar-refractivity contribution in [1.82, 2.24) is 0 Å². The summed E-state index contributed by atoms with van der Waals surface area (Å²) >= 11 is 4.10. The highest BCUT2D eigenvalue weighted by atomic mass is 79.9. The minimum absolute atomic E-state index is 0.0143. The fourth-order valence-electron chi connectivity index (χ4n) is 2.90. The van der Waals surface area contributed by atoms with Crippen molar-refractivity contribution in [2.45, 2.75) is 30.2 Å². The third kappa shape index (κ3) is 6.24.